The van der Waals surface area contributed by atoms with Gasteiger partial charge in [0.1, 0.15) is 5.69 Å². The van der Waals surface area contributed by atoms with E-state index in [-0.39, 0.29) is 5.91 Å². The van der Waals surface area contributed by atoms with Gasteiger partial charge in [0.2, 0.25) is 0 Å². The van der Waals surface area contributed by atoms with Crippen molar-refractivity contribution >= 4 is 17.7 Å². The van der Waals surface area contributed by atoms with Crippen molar-refractivity contribution in [2.45, 2.75) is 20.3 Å². The molecule has 98 valence electrons. The average molecular weight is 254 g/mol. The average Bonchev–Trinajstić information content (AvgIpc) is 2.84. The molecular weight excluding hydrogens is 236 g/mol. The fraction of sp³-hybridized carbons (Fsp3) is 0.188. The van der Waals surface area contributed by atoms with Gasteiger partial charge >= 0.3 is 0 Å². The summed E-state index contributed by atoms with van der Waals surface area (Å²) in [6, 6.07) is 9.56. The number of aromatic nitrogens is 1. The summed E-state index contributed by atoms with van der Waals surface area (Å²) in [6.45, 7) is 7.81. The molecule has 2 rings (SSSR count). The minimum atomic E-state index is -0.133. The lowest BCUT2D eigenvalue weighted by Gasteiger charge is -2.03. The largest absolute Gasteiger partial charge is 0.354 e. The maximum absolute atomic E-state index is 12.1. The Kier molecular flexibility index (Phi) is 3.85. The maximum atomic E-state index is 12.1. The van der Waals surface area contributed by atoms with Crippen LogP contribution in [0.25, 0.3) is 6.08 Å². The second kappa shape index (κ2) is 5.57. The summed E-state index contributed by atoms with van der Waals surface area (Å²) in [5, 5.41) is 2.87. The number of carbonyl (C=O) groups excluding carboxylic acids is 1. The molecule has 2 N–H and O–H groups in total. The first kappa shape index (κ1) is 13.1. The highest BCUT2D eigenvalue weighted by atomic mass is 16.1. The molecule has 0 saturated carbocycles. The number of amides is 1. The molecule has 0 saturated heterocycles. The molecule has 0 unspecified atom stereocenters. The molecule has 1 amide bonds. The normalized spacial score (nSPS) is 10.2. The Morgan fingerprint density at radius 3 is 2.58 bits per heavy atom. The second-order valence-electron chi connectivity index (χ2n) is 4.49. The van der Waals surface area contributed by atoms with Crippen LogP contribution in [-0.2, 0) is 6.42 Å². The SMILES string of the molecule is C=Cc1cc(C(=O)Nc2ccc(C)cc2)[nH]c1CC. The minimum absolute atomic E-state index is 0.133. The van der Waals surface area contributed by atoms with Gasteiger partial charge in [0.15, 0.2) is 0 Å². The third kappa shape index (κ3) is 2.94. The molecule has 0 fully saturated rings. The number of aryl methyl sites for hydroxylation is 2. The molecule has 3 heteroatoms. The van der Waals surface area contributed by atoms with E-state index in [0.717, 1.165) is 23.4 Å². The van der Waals surface area contributed by atoms with Crippen molar-refractivity contribution in [3.63, 3.8) is 0 Å². The molecule has 0 aliphatic heterocycles. The van der Waals surface area contributed by atoms with E-state index < -0.39 is 0 Å². The van der Waals surface area contributed by atoms with E-state index in [4.69, 9.17) is 0 Å². The molecule has 0 aliphatic carbocycles. The van der Waals surface area contributed by atoms with Crippen LogP contribution >= 0.6 is 0 Å². The standard InChI is InChI=1S/C16H18N2O/c1-4-12-10-15(18-14(12)5-2)16(19)17-13-8-6-11(3)7-9-13/h4,6-10,18H,1,5H2,2-3H3,(H,17,19). The van der Waals surface area contributed by atoms with Crippen molar-refractivity contribution in [3.8, 4) is 0 Å². The Hall–Kier alpha value is -2.29. The molecule has 2 aromatic rings. The molecule has 1 aromatic heterocycles. The number of carbonyl (C=O) groups is 1. The van der Waals surface area contributed by atoms with Crippen molar-refractivity contribution < 1.29 is 4.79 Å². The molecule has 0 radical (unpaired) electrons. The predicted molar refractivity (Wildman–Crippen MR) is 79.4 cm³/mol. The maximum Gasteiger partial charge on any atom is 0.272 e. The lowest BCUT2D eigenvalue weighted by Crippen LogP contribution is -2.12. The van der Waals surface area contributed by atoms with Gasteiger partial charge in [-0.1, -0.05) is 37.3 Å². The first-order chi connectivity index (χ1) is 9.13. The van der Waals surface area contributed by atoms with Gasteiger partial charge in [-0.15, -0.1) is 0 Å². The zero-order valence-electron chi connectivity index (χ0n) is 11.3. The Morgan fingerprint density at radius 2 is 2.05 bits per heavy atom. The molecular formula is C16H18N2O. The lowest BCUT2D eigenvalue weighted by atomic mass is 10.2. The Bertz CT molecular complexity index is 594. The topological polar surface area (TPSA) is 44.9 Å². The number of aromatic amines is 1. The van der Waals surface area contributed by atoms with Crippen LogP contribution in [0.2, 0.25) is 0 Å². The molecule has 1 heterocycles. The monoisotopic (exact) mass is 254 g/mol. The van der Waals surface area contributed by atoms with Crippen LogP contribution in [0.4, 0.5) is 5.69 Å². The van der Waals surface area contributed by atoms with E-state index in [2.05, 4.69) is 16.9 Å². The van der Waals surface area contributed by atoms with Crippen LogP contribution in [0.1, 0.15) is 34.2 Å². The van der Waals surface area contributed by atoms with E-state index >= 15 is 0 Å². The predicted octanol–water partition coefficient (Wildman–Crippen LogP) is 3.78. The van der Waals surface area contributed by atoms with Gasteiger partial charge in [0, 0.05) is 11.4 Å². The molecule has 19 heavy (non-hydrogen) atoms. The van der Waals surface area contributed by atoms with Crippen molar-refractivity contribution in [1.82, 2.24) is 4.98 Å². The third-order valence-corrected chi connectivity index (χ3v) is 3.06. The van der Waals surface area contributed by atoms with Gasteiger partial charge in [-0.3, -0.25) is 4.79 Å². The number of benzene rings is 1. The van der Waals surface area contributed by atoms with E-state index in [1.165, 1.54) is 5.56 Å². The number of hydrogen-bond acceptors (Lipinski definition) is 1. The van der Waals surface area contributed by atoms with Crippen molar-refractivity contribution in [1.29, 1.82) is 0 Å². The molecule has 0 aliphatic rings. The van der Waals surface area contributed by atoms with Crippen LogP contribution in [0, 0.1) is 6.92 Å². The van der Waals surface area contributed by atoms with Crippen LogP contribution in [0.5, 0.6) is 0 Å². The molecule has 0 bridgehead atoms. The number of anilines is 1. The van der Waals surface area contributed by atoms with E-state index in [0.29, 0.717) is 5.69 Å². The Labute approximate surface area is 113 Å². The van der Waals surface area contributed by atoms with Gasteiger partial charge in [-0.05, 0) is 37.1 Å². The molecule has 1 aromatic carbocycles. The first-order valence-corrected chi connectivity index (χ1v) is 6.36. The minimum Gasteiger partial charge on any atom is -0.354 e. The fourth-order valence-corrected chi connectivity index (χ4v) is 1.95. The Balaban J connectivity index is 2.17. The van der Waals surface area contributed by atoms with Gasteiger partial charge in [-0.2, -0.15) is 0 Å². The fourth-order valence-electron chi connectivity index (χ4n) is 1.95. The van der Waals surface area contributed by atoms with Crippen molar-refractivity contribution in [2.75, 3.05) is 5.32 Å². The summed E-state index contributed by atoms with van der Waals surface area (Å²) in [4.78, 5) is 15.3. The van der Waals surface area contributed by atoms with Crippen LogP contribution in [0.15, 0.2) is 36.9 Å². The van der Waals surface area contributed by atoms with Crippen LogP contribution in [-0.4, -0.2) is 10.9 Å². The van der Waals surface area contributed by atoms with E-state index in [9.17, 15) is 4.79 Å². The Morgan fingerprint density at radius 1 is 1.37 bits per heavy atom. The van der Waals surface area contributed by atoms with Crippen LogP contribution in [0.3, 0.4) is 0 Å². The summed E-state index contributed by atoms with van der Waals surface area (Å²) < 4.78 is 0. The molecule has 0 atom stereocenters. The second-order valence-corrected chi connectivity index (χ2v) is 4.49. The van der Waals surface area contributed by atoms with Gasteiger partial charge in [0.25, 0.3) is 5.91 Å². The van der Waals surface area contributed by atoms with Crippen LogP contribution < -0.4 is 5.32 Å². The molecule has 0 spiro atoms. The van der Waals surface area contributed by atoms with Crippen molar-refractivity contribution in [2.24, 2.45) is 0 Å². The summed E-state index contributed by atoms with van der Waals surface area (Å²) in [7, 11) is 0. The highest BCUT2D eigenvalue weighted by molar-refractivity contribution is 6.03. The van der Waals surface area contributed by atoms with Gasteiger partial charge in [0.05, 0.1) is 0 Å². The van der Waals surface area contributed by atoms with Crippen molar-refractivity contribution in [3.05, 3.63) is 59.4 Å². The van der Waals surface area contributed by atoms with E-state index in [1.54, 1.807) is 6.08 Å². The quantitative estimate of drug-likeness (QED) is 0.856. The third-order valence-electron chi connectivity index (χ3n) is 3.06. The number of H-pyrrole nitrogens is 1. The summed E-state index contributed by atoms with van der Waals surface area (Å²) in [6.07, 6.45) is 2.61. The number of nitrogens with one attached hydrogen (secondary N) is 2. The van der Waals surface area contributed by atoms with E-state index in [1.807, 2.05) is 44.2 Å². The number of rotatable bonds is 4. The van der Waals surface area contributed by atoms with Gasteiger partial charge < -0.3 is 10.3 Å². The summed E-state index contributed by atoms with van der Waals surface area (Å²) in [5.41, 5.74) is 4.54. The first-order valence-electron chi connectivity index (χ1n) is 6.36. The zero-order chi connectivity index (χ0) is 13.8. The summed E-state index contributed by atoms with van der Waals surface area (Å²) in [5.74, 6) is -0.133. The summed E-state index contributed by atoms with van der Waals surface area (Å²) >= 11 is 0. The highest BCUT2D eigenvalue weighted by Gasteiger charge is 2.11. The number of hydrogen-bond donors (Lipinski definition) is 2. The lowest BCUT2D eigenvalue weighted by molar-refractivity contribution is 0.102. The zero-order valence-corrected chi connectivity index (χ0v) is 11.3. The molecule has 3 nitrogen and oxygen atoms in total. The smallest absolute Gasteiger partial charge is 0.272 e. The highest BCUT2D eigenvalue weighted by Crippen LogP contribution is 2.15. The van der Waals surface area contributed by atoms with Gasteiger partial charge in [-0.25, -0.2) is 0 Å².